The van der Waals surface area contributed by atoms with Gasteiger partial charge in [0.05, 0.1) is 12.4 Å². The summed E-state index contributed by atoms with van der Waals surface area (Å²) < 4.78 is 29.7. The van der Waals surface area contributed by atoms with E-state index >= 15 is 0 Å². The highest BCUT2D eigenvalue weighted by Gasteiger charge is 2.07. The molecule has 0 unspecified atom stereocenters. The van der Waals surface area contributed by atoms with Crippen LogP contribution in [0.1, 0.15) is 13.3 Å². The fourth-order valence-electron chi connectivity index (χ4n) is 0.935. The zero-order valence-corrected chi connectivity index (χ0v) is 9.69. The first kappa shape index (κ1) is 13.8. The first-order valence-corrected chi connectivity index (χ1v) is 6.44. The standard InChI is InChI=1S/C8H20N2O3S/c1-3-9-5-4-8-14(11,12)10-6-7-13-2/h9-10H,3-8H2,1-2H3. The Balaban J connectivity index is 3.52. The molecule has 86 valence electrons. The summed E-state index contributed by atoms with van der Waals surface area (Å²) in [5.41, 5.74) is 0. The van der Waals surface area contributed by atoms with Gasteiger partial charge in [0, 0.05) is 13.7 Å². The van der Waals surface area contributed by atoms with Crippen LogP contribution in [0.25, 0.3) is 0 Å². The highest BCUT2D eigenvalue weighted by Crippen LogP contribution is 1.88. The zero-order valence-electron chi connectivity index (χ0n) is 8.88. The van der Waals surface area contributed by atoms with Crippen LogP contribution in [0.15, 0.2) is 0 Å². The van der Waals surface area contributed by atoms with E-state index in [0.29, 0.717) is 19.6 Å². The molecule has 0 aliphatic heterocycles. The molecule has 0 aliphatic carbocycles. The summed E-state index contributed by atoms with van der Waals surface area (Å²) in [5, 5.41) is 3.07. The van der Waals surface area contributed by atoms with E-state index in [2.05, 4.69) is 10.0 Å². The van der Waals surface area contributed by atoms with E-state index in [-0.39, 0.29) is 5.75 Å². The predicted octanol–water partition coefficient (Wildman–Crippen LogP) is -0.448. The summed E-state index contributed by atoms with van der Waals surface area (Å²) in [6.45, 7) is 4.36. The second-order valence-electron chi connectivity index (χ2n) is 2.91. The summed E-state index contributed by atoms with van der Waals surface area (Å²) in [7, 11) is -1.56. The SMILES string of the molecule is CCNCCCS(=O)(=O)NCCOC. The van der Waals surface area contributed by atoms with Crippen LogP contribution in [0, 0.1) is 0 Å². The van der Waals surface area contributed by atoms with Gasteiger partial charge in [0.2, 0.25) is 10.0 Å². The van der Waals surface area contributed by atoms with E-state index in [0.717, 1.165) is 13.1 Å². The highest BCUT2D eigenvalue weighted by molar-refractivity contribution is 7.89. The minimum atomic E-state index is -3.10. The van der Waals surface area contributed by atoms with Gasteiger partial charge in [-0.1, -0.05) is 6.92 Å². The Hall–Kier alpha value is -0.170. The van der Waals surface area contributed by atoms with E-state index in [1.165, 1.54) is 0 Å². The van der Waals surface area contributed by atoms with Crippen molar-refractivity contribution in [3.63, 3.8) is 0 Å². The normalized spacial score (nSPS) is 11.9. The second-order valence-corrected chi connectivity index (χ2v) is 4.84. The van der Waals surface area contributed by atoms with E-state index in [9.17, 15) is 8.42 Å². The van der Waals surface area contributed by atoms with Crippen molar-refractivity contribution in [2.45, 2.75) is 13.3 Å². The van der Waals surface area contributed by atoms with Crippen LogP contribution >= 0.6 is 0 Å². The topological polar surface area (TPSA) is 67.4 Å². The van der Waals surface area contributed by atoms with Gasteiger partial charge in [-0.15, -0.1) is 0 Å². The van der Waals surface area contributed by atoms with Gasteiger partial charge in [0.1, 0.15) is 0 Å². The number of methoxy groups -OCH3 is 1. The van der Waals surface area contributed by atoms with Crippen LogP contribution < -0.4 is 10.0 Å². The van der Waals surface area contributed by atoms with Gasteiger partial charge in [-0.05, 0) is 19.5 Å². The van der Waals surface area contributed by atoms with Gasteiger partial charge in [-0.3, -0.25) is 0 Å². The number of sulfonamides is 1. The van der Waals surface area contributed by atoms with Crippen LogP contribution in [-0.2, 0) is 14.8 Å². The van der Waals surface area contributed by atoms with Crippen molar-refractivity contribution >= 4 is 10.0 Å². The van der Waals surface area contributed by atoms with Gasteiger partial charge in [0.15, 0.2) is 0 Å². The van der Waals surface area contributed by atoms with E-state index in [1.807, 2.05) is 6.92 Å². The summed E-state index contributed by atoms with van der Waals surface area (Å²) in [6.07, 6.45) is 0.635. The quantitative estimate of drug-likeness (QED) is 0.521. The lowest BCUT2D eigenvalue weighted by atomic mass is 10.5. The third-order valence-electron chi connectivity index (χ3n) is 1.64. The second kappa shape index (κ2) is 8.16. The molecule has 0 aromatic rings. The summed E-state index contributed by atoms with van der Waals surface area (Å²) in [4.78, 5) is 0. The Morgan fingerprint density at radius 2 is 2.00 bits per heavy atom. The van der Waals surface area contributed by atoms with Crippen molar-refractivity contribution in [1.29, 1.82) is 0 Å². The molecule has 0 fully saturated rings. The predicted molar refractivity (Wildman–Crippen MR) is 56.8 cm³/mol. The molecule has 0 spiro atoms. The Morgan fingerprint density at radius 1 is 1.29 bits per heavy atom. The Labute approximate surface area is 86.3 Å². The average Bonchev–Trinajstić information content (AvgIpc) is 2.13. The largest absolute Gasteiger partial charge is 0.383 e. The lowest BCUT2D eigenvalue weighted by molar-refractivity contribution is 0.204. The molecule has 0 aromatic carbocycles. The summed E-state index contributed by atoms with van der Waals surface area (Å²) >= 11 is 0. The third kappa shape index (κ3) is 8.43. The van der Waals surface area contributed by atoms with Crippen molar-refractivity contribution in [2.75, 3.05) is 39.1 Å². The first-order chi connectivity index (χ1) is 6.62. The first-order valence-electron chi connectivity index (χ1n) is 4.79. The van der Waals surface area contributed by atoms with Gasteiger partial charge < -0.3 is 10.1 Å². The van der Waals surface area contributed by atoms with E-state index in [1.54, 1.807) is 7.11 Å². The van der Waals surface area contributed by atoms with Crippen molar-refractivity contribution in [1.82, 2.24) is 10.0 Å². The van der Waals surface area contributed by atoms with Gasteiger partial charge in [-0.2, -0.15) is 0 Å². The molecule has 2 N–H and O–H groups in total. The molecule has 5 nitrogen and oxygen atoms in total. The maximum absolute atomic E-state index is 11.3. The lowest BCUT2D eigenvalue weighted by Gasteiger charge is -2.05. The number of hydrogen-bond acceptors (Lipinski definition) is 4. The zero-order chi connectivity index (χ0) is 10.9. The smallest absolute Gasteiger partial charge is 0.211 e. The average molecular weight is 224 g/mol. The van der Waals surface area contributed by atoms with Gasteiger partial charge in [0.25, 0.3) is 0 Å². The Kier molecular flexibility index (Phi) is 8.07. The highest BCUT2D eigenvalue weighted by atomic mass is 32.2. The van der Waals surface area contributed by atoms with Gasteiger partial charge >= 0.3 is 0 Å². The monoisotopic (exact) mass is 224 g/mol. The minimum absolute atomic E-state index is 0.170. The molecule has 0 atom stereocenters. The van der Waals surface area contributed by atoms with Crippen LogP contribution in [-0.4, -0.2) is 47.5 Å². The molecular weight excluding hydrogens is 204 g/mol. The Morgan fingerprint density at radius 3 is 2.57 bits per heavy atom. The molecule has 0 aliphatic rings. The molecule has 0 rings (SSSR count). The molecule has 0 aromatic heterocycles. The maximum Gasteiger partial charge on any atom is 0.211 e. The maximum atomic E-state index is 11.3. The summed E-state index contributed by atoms with van der Waals surface area (Å²) in [5.74, 6) is 0.170. The van der Waals surface area contributed by atoms with Crippen molar-refractivity contribution in [3.8, 4) is 0 Å². The lowest BCUT2D eigenvalue weighted by Crippen LogP contribution is -2.30. The van der Waals surface area contributed by atoms with Crippen LogP contribution in [0.2, 0.25) is 0 Å². The Bertz CT molecular complexity index is 217. The number of hydrogen-bond donors (Lipinski definition) is 2. The molecule has 6 heteroatoms. The molecular formula is C8H20N2O3S. The van der Waals surface area contributed by atoms with Gasteiger partial charge in [-0.25, -0.2) is 13.1 Å². The van der Waals surface area contributed by atoms with Crippen molar-refractivity contribution in [2.24, 2.45) is 0 Å². The van der Waals surface area contributed by atoms with E-state index in [4.69, 9.17) is 4.74 Å². The van der Waals surface area contributed by atoms with Crippen LogP contribution in [0.5, 0.6) is 0 Å². The van der Waals surface area contributed by atoms with Crippen LogP contribution in [0.3, 0.4) is 0 Å². The molecule has 0 saturated heterocycles. The fraction of sp³-hybridized carbons (Fsp3) is 1.00. The van der Waals surface area contributed by atoms with Crippen molar-refractivity contribution in [3.05, 3.63) is 0 Å². The molecule has 14 heavy (non-hydrogen) atoms. The number of rotatable bonds is 9. The number of nitrogens with one attached hydrogen (secondary N) is 2. The molecule has 0 radical (unpaired) electrons. The van der Waals surface area contributed by atoms with E-state index < -0.39 is 10.0 Å². The third-order valence-corrected chi connectivity index (χ3v) is 3.11. The summed E-state index contributed by atoms with van der Waals surface area (Å²) in [6, 6.07) is 0. The molecule has 0 heterocycles. The molecule has 0 bridgehead atoms. The fourth-order valence-corrected chi connectivity index (χ4v) is 2.00. The molecule has 0 amide bonds. The van der Waals surface area contributed by atoms with Crippen molar-refractivity contribution < 1.29 is 13.2 Å². The minimum Gasteiger partial charge on any atom is -0.383 e. The van der Waals surface area contributed by atoms with Crippen LogP contribution in [0.4, 0.5) is 0 Å². The number of ether oxygens (including phenoxy) is 1. The molecule has 0 saturated carbocycles.